The lowest BCUT2D eigenvalue weighted by Crippen LogP contribution is -2.41. The zero-order valence-electron chi connectivity index (χ0n) is 17.4. The molecule has 7 nitrogen and oxygen atoms in total. The van der Waals surface area contributed by atoms with Gasteiger partial charge in [0.05, 0.1) is 18.4 Å². The minimum atomic E-state index is -3.46. The smallest absolute Gasteiger partial charge is 0.338 e. The van der Waals surface area contributed by atoms with E-state index >= 15 is 0 Å². The Labute approximate surface area is 191 Å². The van der Waals surface area contributed by atoms with Crippen LogP contribution in [0.25, 0.3) is 0 Å². The Morgan fingerprint density at radius 3 is 2.48 bits per heavy atom. The minimum absolute atomic E-state index is 0.0666. The second-order valence-electron chi connectivity index (χ2n) is 7.52. The van der Waals surface area contributed by atoms with E-state index in [4.69, 9.17) is 4.74 Å². The van der Waals surface area contributed by atoms with E-state index in [0.29, 0.717) is 42.7 Å². The molecule has 1 fully saturated rings. The van der Waals surface area contributed by atoms with Crippen LogP contribution in [0.4, 0.5) is 5.69 Å². The van der Waals surface area contributed by atoms with Crippen LogP contribution in [0.2, 0.25) is 0 Å². The molecule has 0 aromatic heterocycles. The van der Waals surface area contributed by atoms with Gasteiger partial charge in [-0.3, -0.25) is 4.79 Å². The van der Waals surface area contributed by atoms with Crippen LogP contribution < -0.4 is 5.32 Å². The molecule has 9 heteroatoms. The van der Waals surface area contributed by atoms with Gasteiger partial charge in [-0.25, -0.2) is 17.5 Å². The number of anilines is 1. The number of hydrogen-bond acceptors (Lipinski definition) is 5. The fraction of sp³-hybridized carbons (Fsp3) is 0.364. The molecule has 1 aliphatic heterocycles. The summed E-state index contributed by atoms with van der Waals surface area (Å²) in [6.45, 7) is 2.35. The van der Waals surface area contributed by atoms with Crippen molar-refractivity contribution < 1.29 is 22.7 Å². The van der Waals surface area contributed by atoms with Gasteiger partial charge in [-0.1, -0.05) is 34.1 Å². The molecule has 0 atom stereocenters. The highest BCUT2D eigenvalue weighted by Gasteiger charge is 2.31. The van der Waals surface area contributed by atoms with E-state index in [2.05, 4.69) is 21.2 Å². The average molecular weight is 509 g/mol. The molecule has 166 valence electrons. The highest BCUT2D eigenvalue weighted by atomic mass is 79.9. The van der Waals surface area contributed by atoms with E-state index in [1.54, 1.807) is 37.3 Å². The van der Waals surface area contributed by atoms with E-state index in [9.17, 15) is 18.0 Å². The first-order valence-electron chi connectivity index (χ1n) is 9.92. The third kappa shape index (κ3) is 5.72. The van der Waals surface area contributed by atoms with Gasteiger partial charge in [0.2, 0.25) is 15.9 Å². The number of amides is 1. The Balaban J connectivity index is 1.61. The Bertz CT molecular complexity index is 1080. The number of hydrogen-bond donors (Lipinski definition) is 1. The number of rotatable bonds is 6. The Morgan fingerprint density at radius 2 is 1.84 bits per heavy atom. The maximum atomic E-state index is 12.8. The summed E-state index contributed by atoms with van der Waals surface area (Å²) >= 11 is 3.36. The maximum Gasteiger partial charge on any atom is 0.338 e. The van der Waals surface area contributed by atoms with Gasteiger partial charge in [0, 0.05) is 29.2 Å². The summed E-state index contributed by atoms with van der Waals surface area (Å²) in [4.78, 5) is 24.6. The average Bonchev–Trinajstić information content (AvgIpc) is 2.74. The van der Waals surface area contributed by atoms with Crippen molar-refractivity contribution in [2.24, 2.45) is 5.92 Å². The molecule has 0 unspecified atom stereocenters. The zero-order valence-corrected chi connectivity index (χ0v) is 19.8. The van der Waals surface area contributed by atoms with Crippen LogP contribution in [-0.4, -0.2) is 44.8 Å². The molecule has 1 saturated heterocycles. The number of carbonyl (C=O) groups excluding carboxylic acids is 2. The largest absolute Gasteiger partial charge is 0.465 e. The molecule has 2 aromatic carbocycles. The number of nitrogens with zero attached hydrogens (tertiary/aromatic N) is 1. The molecule has 1 amide bonds. The lowest BCUT2D eigenvalue weighted by atomic mass is 9.96. The van der Waals surface area contributed by atoms with Crippen molar-refractivity contribution in [1.82, 2.24) is 4.31 Å². The van der Waals surface area contributed by atoms with Crippen molar-refractivity contribution in [3.63, 3.8) is 0 Å². The van der Waals surface area contributed by atoms with E-state index in [1.165, 1.54) is 11.4 Å². The lowest BCUT2D eigenvalue weighted by molar-refractivity contribution is -0.120. The number of halogens is 1. The summed E-state index contributed by atoms with van der Waals surface area (Å²) in [6, 6.07) is 12.3. The molecule has 0 spiro atoms. The standard InChI is InChI=1S/C22H25BrN2O5S/c1-15-19(22(27)30-2)7-4-8-20(15)24-21(26)17-9-11-25(12-10-17)31(28,29)14-16-5-3-6-18(23)13-16/h3-8,13,17H,9-12,14H2,1-2H3,(H,24,26). The molecular formula is C22H25BrN2O5S. The number of methoxy groups -OCH3 is 1. The Hall–Kier alpha value is -2.23. The van der Waals surface area contributed by atoms with Crippen molar-refractivity contribution >= 4 is 43.5 Å². The van der Waals surface area contributed by atoms with Crippen LogP contribution in [0.15, 0.2) is 46.9 Å². The summed E-state index contributed by atoms with van der Waals surface area (Å²) in [5.74, 6) is -0.992. The van der Waals surface area contributed by atoms with Gasteiger partial charge in [-0.05, 0) is 55.2 Å². The van der Waals surface area contributed by atoms with E-state index in [-0.39, 0.29) is 17.6 Å². The number of nitrogens with one attached hydrogen (secondary N) is 1. The highest BCUT2D eigenvalue weighted by molar-refractivity contribution is 9.10. The first-order valence-corrected chi connectivity index (χ1v) is 12.3. The Kier molecular flexibility index (Phi) is 7.51. The molecule has 1 heterocycles. The van der Waals surface area contributed by atoms with Gasteiger partial charge < -0.3 is 10.1 Å². The second kappa shape index (κ2) is 9.93. The summed E-state index contributed by atoms with van der Waals surface area (Å²) < 4.78 is 32.6. The van der Waals surface area contributed by atoms with Gasteiger partial charge in [0.25, 0.3) is 0 Å². The van der Waals surface area contributed by atoms with E-state index in [0.717, 1.165) is 10.0 Å². The Morgan fingerprint density at radius 1 is 1.16 bits per heavy atom. The van der Waals surface area contributed by atoms with Crippen LogP contribution in [0.3, 0.4) is 0 Å². The first-order chi connectivity index (χ1) is 14.7. The molecule has 1 N–H and O–H groups in total. The summed E-state index contributed by atoms with van der Waals surface area (Å²) in [5, 5.41) is 2.88. The van der Waals surface area contributed by atoms with E-state index in [1.807, 2.05) is 12.1 Å². The van der Waals surface area contributed by atoms with Crippen LogP contribution in [0, 0.1) is 12.8 Å². The molecular weight excluding hydrogens is 484 g/mol. The van der Waals surface area contributed by atoms with E-state index < -0.39 is 16.0 Å². The number of piperidine rings is 1. The predicted molar refractivity (Wildman–Crippen MR) is 122 cm³/mol. The van der Waals surface area contributed by atoms with Crippen molar-refractivity contribution in [1.29, 1.82) is 0 Å². The second-order valence-corrected chi connectivity index (χ2v) is 10.4. The molecule has 0 saturated carbocycles. The molecule has 0 bridgehead atoms. The normalized spacial score (nSPS) is 15.5. The van der Waals surface area contributed by atoms with Crippen molar-refractivity contribution in [2.75, 3.05) is 25.5 Å². The SMILES string of the molecule is COC(=O)c1cccc(NC(=O)C2CCN(S(=O)(=O)Cc3cccc(Br)c3)CC2)c1C. The summed E-state index contributed by atoms with van der Waals surface area (Å²) in [6.07, 6.45) is 0.887. The van der Waals surface area contributed by atoms with Crippen LogP contribution in [0.1, 0.15) is 34.3 Å². The van der Waals surface area contributed by atoms with Gasteiger partial charge >= 0.3 is 5.97 Å². The highest BCUT2D eigenvalue weighted by Crippen LogP contribution is 2.25. The predicted octanol–water partition coefficient (Wildman–Crippen LogP) is 3.72. The lowest BCUT2D eigenvalue weighted by Gasteiger charge is -2.30. The van der Waals surface area contributed by atoms with Gasteiger partial charge in [0.1, 0.15) is 0 Å². The quantitative estimate of drug-likeness (QED) is 0.600. The van der Waals surface area contributed by atoms with Crippen molar-refractivity contribution in [3.8, 4) is 0 Å². The molecule has 3 rings (SSSR count). The van der Waals surface area contributed by atoms with Gasteiger partial charge in [-0.2, -0.15) is 0 Å². The number of ether oxygens (including phenoxy) is 1. The van der Waals surface area contributed by atoms with Crippen LogP contribution in [0.5, 0.6) is 0 Å². The number of esters is 1. The minimum Gasteiger partial charge on any atom is -0.465 e. The fourth-order valence-electron chi connectivity index (χ4n) is 3.66. The topological polar surface area (TPSA) is 92.8 Å². The summed E-state index contributed by atoms with van der Waals surface area (Å²) in [7, 11) is -2.15. The molecule has 0 radical (unpaired) electrons. The third-order valence-electron chi connectivity index (χ3n) is 5.45. The van der Waals surface area contributed by atoms with Crippen molar-refractivity contribution in [3.05, 3.63) is 63.6 Å². The molecule has 1 aliphatic rings. The molecule has 0 aliphatic carbocycles. The zero-order chi connectivity index (χ0) is 22.6. The molecule has 31 heavy (non-hydrogen) atoms. The fourth-order valence-corrected chi connectivity index (χ4v) is 5.66. The van der Waals surface area contributed by atoms with Crippen LogP contribution >= 0.6 is 15.9 Å². The van der Waals surface area contributed by atoms with Gasteiger partial charge in [0.15, 0.2) is 0 Å². The van der Waals surface area contributed by atoms with Gasteiger partial charge in [-0.15, -0.1) is 0 Å². The van der Waals surface area contributed by atoms with Crippen molar-refractivity contribution in [2.45, 2.75) is 25.5 Å². The number of carbonyl (C=O) groups is 2. The number of benzene rings is 2. The first kappa shape index (κ1) is 23.4. The van der Waals surface area contributed by atoms with Crippen LogP contribution in [-0.2, 0) is 25.3 Å². The monoisotopic (exact) mass is 508 g/mol. The molecule has 2 aromatic rings. The summed E-state index contributed by atoms with van der Waals surface area (Å²) in [5.41, 5.74) is 2.30. The maximum absolute atomic E-state index is 12.8. The third-order valence-corrected chi connectivity index (χ3v) is 7.80. The number of sulfonamides is 1.